The van der Waals surface area contributed by atoms with Gasteiger partial charge in [0.2, 0.25) is 5.91 Å². The van der Waals surface area contributed by atoms with Crippen molar-refractivity contribution in [3.63, 3.8) is 0 Å². The number of amides is 1. The van der Waals surface area contributed by atoms with E-state index >= 15 is 0 Å². The predicted molar refractivity (Wildman–Crippen MR) is 86.4 cm³/mol. The molecular formula is C17H20F2N4O. The number of halogens is 2. The zero-order chi connectivity index (χ0) is 17.1. The number of anilines is 1. The summed E-state index contributed by atoms with van der Waals surface area (Å²) < 4.78 is 28.1. The molecule has 1 aliphatic heterocycles. The number of likely N-dealkylation sites (tertiary alicyclic amines) is 1. The quantitative estimate of drug-likeness (QED) is 0.912. The van der Waals surface area contributed by atoms with Crippen LogP contribution in [0.3, 0.4) is 0 Å². The van der Waals surface area contributed by atoms with E-state index < -0.39 is 11.6 Å². The number of nitrogens with zero attached hydrogens (tertiary/aromatic N) is 3. The van der Waals surface area contributed by atoms with E-state index in [0.29, 0.717) is 30.3 Å². The first-order chi connectivity index (χ1) is 11.5. The van der Waals surface area contributed by atoms with Crippen LogP contribution in [-0.4, -0.2) is 40.2 Å². The Hall–Kier alpha value is -2.28. The van der Waals surface area contributed by atoms with Crippen LogP contribution in [0.15, 0.2) is 30.5 Å². The van der Waals surface area contributed by atoms with Gasteiger partial charge in [-0.15, -0.1) is 0 Å². The molecule has 0 bridgehead atoms. The van der Waals surface area contributed by atoms with Crippen LogP contribution in [0, 0.1) is 17.6 Å². The van der Waals surface area contributed by atoms with Crippen molar-refractivity contribution >= 4 is 11.7 Å². The minimum atomic E-state index is -0.547. The van der Waals surface area contributed by atoms with Crippen LogP contribution in [0.4, 0.5) is 14.6 Å². The topological polar surface area (TPSA) is 50.2 Å². The van der Waals surface area contributed by atoms with E-state index in [1.165, 1.54) is 12.1 Å². The molecule has 128 valence electrons. The zero-order valence-electron chi connectivity index (χ0n) is 13.5. The minimum Gasteiger partial charge on any atom is -0.308 e. The van der Waals surface area contributed by atoms with E-state index in [1.54, 1.807) is 24.0 Å². The molecule has 1 fully saturated rings. The van der Waals surface area contributed by atoms with Crippen LogP contribution >= 0.6 is 0 Å². The van der Waals surface area contributed by atoms with E-state index in [0.717, 1.165) is 25.6 Å². The highest BCUT2D eigenvalue weighted by molar-refractivity contribution is 5.91. The third-order valence-electron chi connectivity index (χ3n) is 4.17. The Kier molecular flexibility index (Phi) is 4.89. The molecular weight excluding hydrogens is 314 g/mol. The fraction of sp³-hybridized carbons (Fsp3) is 0.412. The summed E-state index contributed by atoms with van der Waals surface area (Å²) in [6.45, 7) is 1.84. The Labute approximate surface area is 139 Å². The fourth-order valence-corrected chi connectivity index (χ4v) is 3.15. The Morgan fingerprint density at radius 3 is 2.75 bits per heavy atom. The molecule has 0 aliphatic carbocycles. The number of carbonyl (C=O) groups excluding carboxylic acids is 1. The number of aromatic nitrogens is 2. The first-order valence-electron chi connectivity index (χ1n) is 7.95. The Balaban J connectivity index is 1.49. The molecule has 1 unspecified atom stereocenters. The lowest BCUT2D eigenvalue weighted by Gasteiger charge is -2.15. The third kappa shape index (κ3) is 4.38. The van der Waals surface area contributed by atoms with Crippen molar-refractivity contribution in [2.45, 2.75) is 12.8 Å². The van der Waals surface area contributed by atoms with E-state index in [1.807, 2.05) is 0 Å². The molecule has 0 spiro atoms. The molecule has 7 heteroatoms. The van der Waals surface area contributed by atoms with Gasteiger partial charge in [0.15, 0.2) is 5.82 Å². The normalized spacial score (nSPS) is 18.0. The lowest BCUT2D eigenvalue weighted by atomic mass is 9.98. The van der Waals surface area contributed by atoms with Crippen LogP contribution in [0.2, 0.25) is 0 Å². The van der Waals surface area contributed by atoms with Gasteiger partial charge in [0.1, 0.15) is 11.6 Å². The Morgan fingerprint density at radius 1 is 1.33 bits per heavy atom. The van der Waals surface area contributed by atoms with Gasteiger partial charge >= 0.3 is 0 Å². The van der Waals surface area contributed by atoms with Crippen molar-refractivity contribution in [1.82, 2.24) is 14.7 Å². The van der Waals surface area contributed by atoms with Crippen molar-refractivity contribution in [3.8, 4) is 0 Å². The van der Waals surface area contributed by atoms with Gasteiger partial charge in [-0.25, -0.2) is 8.78 Å². The molecule has 2 heterocycles. The molecule has 1 atom stereocenters. The highest BCUT2D eigenvalue weighted by Crippen LogP contribution is 2.21. The standard InChI is InChI=1S/C17H20F2N4O/c1-22-4-3-16(21-22)20-17(24)11-23-5-2-12(10-23)6-13-7-14(18)9-15(19)8-13/h3-4,7-9,12H,2,5-6,10-11H2,1H3,(H,20,21,24). The first-order valence-corrected chi connectivity index (χ1v) is 7.95. The maximum Gasteiger partial charge on any atom is 0.239 e. The average Bonchev–Trinajstić information content (AvgIpc) is 3.07. The third-order valence-corrected chi connectivity index (χ3v) is 4.17. The van der Waals surface area contributed by atoms with Crippen LogP contribution in [-0.2, 0) is 18.3 Å². The summed E-state index contributed by atoms with van der Waals surface area (Å²) in [6, 6.07) is 5.37. The predicted octanol–water partition coefficient (Wildman–Crippen LogP) is 2.20. The van der Waals surface area contributed by atoms with Crippen molar-refractivity contribution < 1.29 is 13.6 Å². The summed E-state index contributed by atoms with van der Waals surface area (Å²) in [5.74, 6) is -0.363. The van der Waals surface area contributed by atoms with Gasteiger partial charge in [0.05, 0.1) is 6.54 Å². The number of benzene rings is 1. The number of rotatable bonds is 5. The monoisotopic (exact) mass is 334 g/mol. The van der Waals surface area contributed by atoms with Crippen LogP contribution < -0.4 is 5.32 Å². The largest absolute Gasteiger partial charge is 0.308 e. The maximum absolute atomic E-state index is 13.2. The number of nitrogens with one attached hydrogen (secondary N) is 1. The lowest BCUT2D eigenvalue weighted by Crippen LogP contribution is -2.31. The van der Waals surface area contributed by atoms with Gasteiger partial charge in [0.25, 0.3) is 0 Å². The number of carbonyl (C=O) groups is 1. The fourth-order valence-electron chi connectivity index (χ4n) is 3.15. The van der Waals surface area contributed by atoms with E-state index in [2.05, 4.69) is 15.3 Å². The minimum absolute atomic E-state index is 0.105. The molecule has 0 radical (unpaired) electrons. The van der Waals surface area contributed by atoms with Crippen molar-refractivity contribution in [3.05, 3.63) is 47.7 Å². The van der Waals surface area contributed by atoms with Crippen molar-refractivity contribution in [2.75, 3.05) is 25.0 Å². The van der Waals surface area contributed by atoms with Crippen LogP contribution in [0.1, 0.15) is 12.0 Å². The summed E-state index contributed by atoms with van der Waals surface area (Å²) in [5, 5.41) is 6.87. The van der Waals surface area contributed by atoms with Crippen LogP contribution in [0.5, 0.6) is 0 Å². The van der Waals surface area contributed by atoms with Crippen molar-refractivity contribution in [2.24, 2.45) is 13.0 Å². The summed E-state index contributed by atoms with van der Waals surface area (Å²) in [6.07, 6.45) is 3.29. The van der Waals surface area contributed by atoms with Gasteiger partial charge < -0.3 is 5.32 Å². The van der Waals surface area contributed by atoms with Gasteiger partial charge in [-0.2, -0.15) is 5.10 Å². The summed E-state index contributed by atoms with van der Waals surface area (Å²) in [5.41, 5.74) is 0.664. The van der Waals surface area contributed by atoms with E-state index in [4.69, 9.17) is 0 Å². The second-order valence-corrected chi connectivity index (χ2v) is 6.29. The second-order valence-electron chi connectivity index (χ2n) is 6.29. The van der Waals surface area contributed by atoms with Gasteiger partial charge in [-0.05, 0) is 43.0 Å². The number of aryl methyl sites for hydroxylation is 1. The van der Waals surface area contributed by atoms with Gasteiger partial charge in [-0.1, -0.05) is 0 Å². The smallest absolute Gasteiger partial charge is 0.239 e. The Bertz CT molecular complexity index is 711. The summed E-state index contributed by atoms with van der Waals surface area (Å²) >= 11 is 0. The molecule has 3 rings (SSSR count). The summed E-state index contributed by atoms with van der Waals surface area (Å²) in [7, 11) is 1.79. The highest BCUT2D eigenvalue weighted by Gasteiger charge is 2.24. The molecule has 1 aliphatic rings. The molecule has 1 aromatic carbocycles. The molecule has 1 aromatic heterocycles. The SMILES string of the molecule is Cn1ccc(NC(=O)CN2CCC(Cc3cc(F)cc(F)c3)C2)n1. The van der Waals surface area contributed by atoms with E-state index in [9.17, 15) is 13.6 Å². The number of hydrogen-bond acceptors (Lipinski definition) is 3. The first kappa shape index (κ1) is 16.6. The molecule has 2 aromatic rings. The average molecular weight is 334 g/mol. The number of hydrogen-bond donors (Lipinski definition) is 1. The molecule has 24 heavy (non-hydrogen) atoms. The molecule has 1 saturated heterocycles. The molecule has 1 N–H and O–H groups in total. The molecule has 1 amide bonds. The Morgan fingerprint density at radius 2 is 2.08 bits per heavy atom. The molecule has 5 nitrogen and oxygen atoms in total. The highest BCUT2D eigenvalue weighted by atomic mass is 19.1. The van der Waals surface area contributed by atoms with Crippen LogP contribution in [0.25, 0.3) is 0 Å². The van der Waals surface area contributed by atoms with E-state index in [-0.39, 0.29) is 5.91 Å². The summed E-state index contributed by atoms with van der Waals surface area (Å²) in [4.78, 5) is 14.1. The second kappa shape index (κ2) is 7.09. The molecule has 0 saturated carbocycles. The lowest BCUT2D eigenvalue weighted by molar-refractivity contribution is -0.117. The van der Waals surface area contributed by atoms with Crippen molar-refractivity contribution in [1.29, 1.82) is 0 Å². The van der Waals surface area contributed by atoms with Gasteiger partial charge in [-0.3, -0.25) is 14.4 Å². The zero-order valence-corrected chi connectivity index (χ0v) is 13.5. The van der Waals surface area contributed by atoms with Gasteiger partial charge in [0, 0.05) is 31.9 Å². The maximum atomic E-state index is 13.2.